The fourth-order valence-electron chi connectivity index (χ4n) is 3.21. The second kappa shape index (κ2) is 2.28. The van der Waals surface area contributed by atoms with Gasteiger partial charge in [0.05, 0.1) is 12.0 Å². The Morgan fingerprint density at radius 1 is 1.64 bits per heavy atom. The Kier molecular flexibility index (Phi) is 1.41. The minimum Gasteiger partial charge on any atom is -0.346 e. The van der Waals surface area contributed by atoms with Crippen LogP contribution < -0.4 is 0 Å². The molecule has 0 aromatic rings. The molecule has 76 valence electrons. The van der Waals surface area contributed by atoms with Gasteiger partial charge < -0.3 is 9.47 Å². The van der Waals surface area contributed by atoms with E-state index in [0.717, 1.165) is 6.42 Å². The molecule has 14 heavy (non-hydrogen) atoms. The van der Waals surface area contributed by atoms with Crippen molar-refractivity contribution in [2.75, 3.05) is 13.7 Å². The number of hydrogen-bond acceptors (Lipinski definition) is 3. The molecule has 1 saturated heterocycles. The van der Waals surface area contributed by atoms with E-state index in [1.807, 2.05) is 13.0 Å². The van der Waals surface area contributed by atoms with Crippen molar-refractivity contribution in [1.29, 1.82) is 0 Å². The van der Waals surface area contributed by atoms with E-state index in [1.165, 1.54) is 0 Å². The molecular weight excluding hydrogens is 180 g/mol. The van der Waals surface area contributed by atoms with E-state index in [4.69, 9.17) is 9.47 Å². The van der Waals surface area contributed by atoms with Crippen LogP contribution in [0.4, 0.5) is 0 Å². The van der Waals surface area contributed by atoms with Crippen molar-refractivity contribution in [1.82, 2.24) is 0 Å². The monoisotopic (exact) mass is 194 g/mol. The van der Waals surface area contributed by atoms with Gasteiger partial charge in [-0.2, -0.15) is 0 Å². The molecule has 4 aliphatic rings. The molecule has 0 amide bonds. The molecule has 0 N–H and O–H groups in total. The van der Waals surface area contributed by atoms with Crippen LogP contribution >= 0.6 is 0 Å². The lowest BCUT2D eigenvalue weighted by Gasteiger charge is -2.46. The molecule has 4 atom stereocenters. The van der Waals surface area contributed by atoms with E-state index in [9.17, 15) is 4.79 Å². The van der Waals surface area contributed by atoms with Gasteiger partial charge in [-0.05, 0) is 19.3 Å². The van der Waals surface area contributed by atoms with E-state index >= 15 is 0 Å². The van der Waals surface area contributed by atoms with E-state index in [2.05, 4.69) is 6.08 Å². The first-order valence-corrected chi connectivity index (χ1v) is 5.06. The highest BCUT2D eigenvalue weighted by Crippen LogP contribution is 2.56. The van der Waals surface area contributed by atoms with Crippen LogP contribution in [0.25, 0.3) is 0 Å². The number of hydrogen-bond donors (Lipinski definition) is 0. The van der Waals surface area contributed by atoms with Crippen molar-refractivity contribution < 1.29 is 14.3 Å². The zero-order valence-electron chi connectivity index (χ0n) is 8.45. The normalized spacial score (nSPS) is 54.3. The van der Waals surface area contributed by atoms with Crippen LogP contribution in [0.1, 0.15) is 13.3 Å². The second-order valence-corrected chi connectivity index (χ2v) is 4.78. The zero-order chi connectivity index (χ0) is 9.97. The summed E-state index contributed by atoms with van der Waals surface area (Å²) in [7, 11) is 1.57. The average Bonchev–Trinajstić information content (AvgIpc) is 2.51. The minimum absolute atomic E-state index is 0.105. The number of Topliss-reactive ketones (excluding diaryl/α,β-unsaturated/α-hetero) is 1. The van der Waals surface area contributed by atoms with Gasteiger partial charge in [0.25, 0.3) is 0 Å². The second-order valence-electron chi connectivity index (χ2n) is 4.78. The Morgan fingerprint density at radius 3 is 3.14 bits per heavy atom. The topological polar surface area (TPSA) is 35.5 Å². The minimum atomic E-state index is -0.952. The highest BCUT2D eigenvalue weighted by Gasteiger charge is 2.66. The van der Waals surface area contributed by atoms with Crippen LogP contribution in [-0.2, 0) is 14.3 Å². The maximum Gasteiger partial charge on any atom is 0.236 e. The van der Waals surface area contributed by atoms with Crippen LogP contribution in [0.15, 0.2) is 12.2 Å². The van der Waals surface area contributed by atoms with Gasteiger partial charge in [0.1, 0.15) is 0 Å². The highest BCUT2D eigenvalue weighted by molar-refractivity contribution is 5.96. The number of ketones is 1. The van der Waals surface area contributed by atoms with Gasteiger partial charge in [-0.3, -0.25) is 4.79 Å². The van der Waals surface area contributed by atoms with Crippen molar-refractivity contribution in [2.45, 2.75) is 19.1 Å². The van der Waals surface area contributed by atoms with Crippen LogP contribution in [0.3, 0.4) is 0 Å². The maximum absolute atomic E-state index is 12.2. The van der Waals surface area contributed by atoms with Gasteiger partial charge in [-0.25, -0.2) is 0 Å². The molecular formula is C11H14O3. The summed E-state index contributed by atoms with van der Waals surface area (Å²) >= 11 is 0. The van der Waals surface area contributed by atoms with E-state index in [-0.39, 0.29) is 17.1 Å². The quantitative estimate of drug-likeness (QED) is 0.587. The Bertz CT molecular complexity index is 335. The van der Waals surface area contributed by atoms with Gasteiger partial charge >= 0.3 is 0 Å². The number of methoxy groups -OCH3 is 1. The summed E-state index contributed by atoms with van der Waals surface area (Å²) in [4.78, 5) is 12.2. The lowest BCUT2D eigenvalue weighted by atomic mass is 9.59. The van der Waals surface area contributed by atoms with Crippen LogP contribution in [0, 0.1) is 17.3 Å². The standard InChI is InChI=1S/C11H14O3/c1-10-4-3-8-7(5-10)6-14-11(8,13-2)9(10)12/h3-4,7-8H,5-6H2,1-2H3/t7-,8-,10+,11+/m0/s1. The maximum atomic E-state index is 12.2. The molecule has 3 aliphatic carbocycles. The van der Waals surface area contributed by atoms with Gasteiger partial charge in [0, 0.05) is 13.0 Å². The number of rotatable bonds is 1. The van der Waals surface area contributed by atoms with Gasteiger partial charge in [-0.15, -0.1) is 0 Å². The Labute approximate surface area is 83.1 Å². The molecule has 1 saturated carbocycles. The lowest BCUT2D eigenvalue weighted by molar-refractivity contribution is -0.219. The van der Waals surface area contributed by atoms with Crippen LogP contribution in [0.5, 0.6) is 0 Å². The lowest BCUT2D eigenvalue weighted by Crippen LogP contribution is -2.58. The molecule has 0 aromatic carbocycles. The molecule has 2 fully saturated rings. The third-order valence-electron chi connectivity index (χ3n) is 3.95. The molecule has 3 heteroatoms. The predicted molar refractivity (Wildman–Crippen MR) is 49.5 cm³/mol. The number of allylic oxidation sites excluding steroid dienone is 1. The van der Waals surface area contributed by atoms with E-state index in [0.29, 0.717) is 12.5 Å². The smallest absolute Gasteiger partial charge is 0.236 e. The summed E-state index contributed by atoms with van der Waals surface area (Å²) in [6, 6.07) is 0. The first-order valence-electron chi connectivity index (χ1n) is 5.06. The summed E-state index contributed by atoms with van der Waals surface area (Å²) < 4.78 is 11.0. The van der Waals surface area contributed by atoms with Crippen molar-refractivity contribution in [3.8, 4) is 0 Å². The first-order chi connectivity index (χ1) is 6.62. The Morgan fingerprint density at radius 2 is 2.43 bits per heavy atom. The molecule has 4 rings (SSSR count). The predicted octanol–water partition coefficient (Wildman–Crippen LogP) is 1.14. The SMILES string of the molecule is CO[C@@]12OC[C@@H]3C[C@@](C)(C=C[C@@H]31)C2=O. The molecule has 3 nitrogen and oxygen atoms in total. The van der Waals surface area contributed by atoms with E-state index in [1.54, 1.807) is 7.11 Å². The Balaban J connectivity index is 2.18. The molecule has 1 heterocycles. The van der Waals surface area contributed by atoms with Crippen molar-refractivity contribution in [3.63, 3.8) is 0 Å². The highest BCUT2D eigenvalue weighted by atomic mass is 16.7. The summed E-state index contributed by atoms with van der Waals surface area (Å²) in [5.41, 5.74) is -0.355. The van der Waals surface area contributed by atoms with Crippen molar-refractivity contribution in [3.05, 3.63) is 12.2 Å². The molecule has 0 spiro atoms. The third kappa shape index (κ3) is 0.708. The molecule has 0 unspecified atom stereocenters. The van der Waals surface area contributed by atoms with Crippen LogP contribution in [0.2, 0.25) is 0 Å². The van der Waals surface area contributed by atoms with Gasteiger partial charge in [0.2, 0.25) is 11.6 Å². The summed E-state index contributed by atoms with van der Waals surface area (Å²) in [5, 5.41) is 0. The average molecular weight is 194 g/mol. The van der Waals surface area contributed by atoms with Gasteiger partial charge in [0.15, 0.2) is 0 Å². The fourth-order valence-corrected chi connectivity index (χ4v) is 3.21. The first kappa shape index (κ1) is 8.62. The molecule has 1 aliphatic heterocycles. The molecule has 0 aromatic heterocycles. The zero-order valence-corrected chi connectivity index (χ0v) is 8.45. The van der Waals surface area contributed by atoms with Crippen molar-refractivity contribution >= 4 is 5.78 Å². The molecule has 0 radical (unpaired) electrons. The summed E-state index contributed by atoms with van der Waals surface area (Å²) in [6.07, 6.45) is 5.05. The summed E-state index contributed by atoms with van der Waals surface area (Å²) in [5.74, 6) is -0.245. The van der Waals surface area contributed by atoms with E-state index < -0.39 is 5.79 Å². The van der Waals surface area contributed by atoms with Gasteiger partial charge in [-0.1, -0.05) is 12.2 Å². The fraction of sp³-hybridized carbons (Fsp3) is 0.727. The van der Waals surface area contributed by atoms with Crippen LogP contribution in [-0.4, -0.2) is 25.3 Å². The molecule has 4 bridgehead atoms. The third-order valence-corrected chi connectivity index (χ3v) is 3.95. The largest absolute Gasteiger partial charge is 0.346 e. The number of carbonyl (C=O) groups is 1. The number of ether oxygens (including phenoxy) is 2. The Hall–Kier alpha value is -0.670. The number of carbonyl (C=O) groups excluding carboxylic acids is 1. The summed E-state index contributed by atoms with van der Waals surface area (Å²) in [6.45, 7) is 2.64. The van der Waals surface area contributed by atoms with Crippen molar-refractivity contribution in [2.24, 2.45) is 17.3 Å².